The van der Waals surface area contributed by atoms with Crippen LogP contribution in [0.4, 0.5) is 0 Å². The number of hydrogen-bond acceptors (Lipinski definition) is 1. The summed E-state index contributed by atoms with van der Waals surface area (Å²) in [6.07, 6.45) is 0. The Morgan fingerprint density at radius 1 is 0.875 bits per heavy atom. The normalized spacial score (nSPS) is 28.5. The van der Waals surface area contributed by atoms with Crippen molar-refractivity contribution >= 4 is 23.1 Å². The summed E-state index contributed by atoms with van der Waals surface area (Å²) in [6.45, 7) is 8.42. The fraction of sp³-hybridized carbons (Fsp3) is 1.00. The van der Waals surface area contributed by atoms with E-state index >= 15 is 0 Å². The molecule has 0 spiro atoms. The Morgan fingerprint density at radius 2 is 1.00 bits per heavy atom. The molecule has 1 aliphatic heterocycles. The van der Waals surface area contributed by atoms with Gasteiger partial charge in [0.25, 0.3) is 0 Å². The summed E-state index contributed by atoms with van der Waals surface area (Å²) in [5.41, 5.74) is 0.292. The topological polar surface area (TPSA) is 12.5 Å². The quantitative estimate of drug-likeness (QED) is 0.343. The third kappa shape index (κ3) is 1.17. The molecular weight excluding hydrogens is 112 g/mol. The van der Waals surface area contributed by atoms with Crippen molar-refractivity contribution in [2.75, 3.05) is 0 Å². The van der Waals surface area contributed by atoms with E-state index in [9.17, 15) is 0 Å². The summed E-state index contributed by atoms with van der Waals surface area (Å²) in [5.74, 6) is 0. The molecule has 0 saturated carbocycles. The predicted octanol–water partition coefficient (Wildman–Crippen LogP) is 0.658. The van der Waals surface area contributed by atoms with Gasteiger partial charge in [-0.05, 0) is 27.7 Å². The van der Waals surface area contributed by atoms with Gasteiger partial charge in [0, 0.05) is 0 Å². The van der Waals surface area contributed by atoms with E-state index in [1.165, 1.54) is 0 Å². The van der Waals surface area contributed by atoms with Crippen LogP contribution in [0.15, 0.2) is 0 Å². The molecule has 8 heavy (non-hydrogen) atoms. The van der Waals surface area contributed by atoms with Gasteiger partial charge in [0.05, 0.1) is 11.2 Å². The highest BCUT2D eigenvalue weighted by molar-refractivity contribution is 5.75. The lowest BCUT2D eigenvalue weighted by molar-refractivity contribution is 0.296. The summed E-state index contributed by atoms with van der Waals surface area (Å²) < 4.78 is 5.29. The number of rotatable bonds is 0. The third-order valence-electron chi connectivity index (χ3n) is 1.92. The molecule has 0 aromatic carbocycles. The Kier molecular flexibility index (Phi) is 2.02. The van der Waals surface area contributed by atoms with Crippen molar-refractivity contribution in [1.82, 2.24) is 0 Å². The minimum absolute atomic E-state index is 0. The molecule has 0 unspecified atom stereocenters. The molecule has 0 radical (unpaired) electrons. The lowest BCUT2D eigenvalue weighted by Gasteiger charge is -1.95. The maximum atomic E-state index is 5.29. The molecule has 0 atom stereocenters. The third-order valence-corrected chi connectivity index (χ3v) is 1.92. The first-order chi connectivity index (χ1) is 2.96. The molecule has 2 heteroatoms. The summed E-state index contributed by atoms with van der Waals surface area (Å²) >= 11 is 0. The van der Waals surface area contributed by atoms with Crippen LogP contribution in [-0.2, 0) is 4.74 Å². The van der Waals surface area contributed by atoms with Gasteiger partial charge in [-0.3, -0.25) is 0 Å². The maximum absolute atomic E-state index is 5.29. The molecule has 0 aromatic rings. The van der Waals surface area contributed by atoms with Crippen LogP contribution >= 0.6 is 0 Å². The van der Waals surface area contributed by atoms with Crippen LogP contribution in [0.3, 0.4) is 0 Å². The minimum atomic E-state index is 0. The van der Waals surface area contributed by atoms with E-state index in [0.29, 0.717) is 0 Å². The SMILES string of the molecule is CC1(C)OC1(C)C.[MgH2]. The molecule has 1 aliphatic rings. The van der Waals surface area contributed by atoms with Crippen LogP contribution in [-0.4, -0.2) is 34.3 Å². The second-order valence-corrected chi connectivity index (χ2v) is 3.12. The highest BCUT2D eigenvalue weighted by Crippen LogP contribution is 2.46. The number of hydrogen-bond donors (Lipinski definition) is 0. The van der Waals surface area contributed by atoms with Gasteiger partial charge in [0.1, 0.15) is 0 Å². The van der Waals surface area contributed by atoms with Gasteiger partial charge in [-0.1, -0.05) is 0 Å². The number of ether oxygens (including phenoxy) is 1. The summed E-state index contributed by atoms with van der Waals surface area (Å²) in [4.78, 5) is 0. The van der Waals surface area contributed by atoms with Crippen molar-refractivity contribution in [1.29, 1.82) is 0 Å². The summed E-state index contributed by atoms with van der Waals surface area (Å²) in [5, 5.41) is 0. The zero-order valence-electron chi connectivity index (χ0n) is 5.41. The summed E-state index contributed by atoms with van der Waals surface area (Å²) in [7, 11) is 0. The van der Waals surface area contributed by atoms with Gasteiger partial charge in [-0.15, -0.1) is 0 Å². The van der Waals surface area contributed by atoms with Gasteiger partial charge < -0.3 is 4.74 Å². The zero-order valence-corrected chi connectivity index (χ0v) is 5.41. The van der Waals surface area contributed by atoms with Crippen LogP contribution in [0.2, 0.25) is 0 Å². The van der Waals surface area contributed by atoms with Crippen molar-refractivity contribution in [3.8, 4) is 0 Å². The largest absolute Gasteiger partial charge is 0.364 e. The Bertz CT molecular complexity index is 84.7. The van der Waals surface area contributed by atoms with E-state index in [-0.39, 0.29) is 34.3 Å². The fourth-order valence-corrected chi connectivity index (χ4v) is 0.612. The Balaban J connectivity index is 0.000000490. The Hall–Kier alpha value is 0.726. The van der Waals surface area contributed by atoms with E-state index in [0.717, 1.165) is 0 Å². The lowest BCUT2D eigenvalue weighted by atomic mass is 10.0. The first-order valence-corrected chi connectivity index (χ1v) is 2.66. The van der Waals surface area contributed by atoms with Crippen LogP contribution in [0.25, 0.3) is 0 Å². The monoisotopic (exact) mass is 126 g/mol. The van der Waals surface area contributed by atoms with Crippen LogP contribution in [0.5, 0.6) is 0 Å². The molecule has 46 valence electrons. The highest BCUT2D eigenvalue weighted by atomic mass is 24.3. The Labute approximate surface area is 66.9 Å². The van der Waals surface area contributed by atoms with Gasteiger partial charge in [-0.25, -0.2) is 0 Å². The predicted molar refractivity (Wildman–Crippen MR) is 37.8 cm³/mol. The average Bonchev–Trinajstić information content (AvgIpc) is 1.63. The van der Waals surface area contributed by atoms with Crippen molar-refractivity contribution in [3.05, 3.63) is 0 Å². The van der Waals surface area contributed by atoms with E-state index in [2.05, 4.69) is 27.7 Å². The maximum Gasteiger partial charge on any atom is 0.316 e. The van der Waals surface area contributed by atoms with Crippen molar-refractivity contribution in [3.63, 3.8) is 0 Å². The Morgan fingerprint density at radius 3 is 1.00 bits per heavy atom. The molecule has 0 aromatic heterocycles. The van der Waals surface area contributed by atoms with E-state index < -0.39 is 0 Å². The average molecular weight is 126 g/mol. The van der Waals surface area contributed by atoms with E-state index in [1.54, 1.807) is 0 Å². The lowest BCUT2D eigenvalue weighted by Crippen LogP contribution is -2.10. The van der Waals surface area contributed by atoms with Crippen molar-refractivity contribution in [2.24, 2.45) is 0 Å². The zero-order chi connectivity index (χ0) is 5.71. The first-order valence-electron chi connectivity index (χ1n) is 2.66. The van der Waals surface area contributed by atoms with Crippen LogP contribution in [0, 0.1) is 0 Å². The minimum Gasteiger partial charge on any atom is -0.364 e. The smallest absolute Gasteiger partial charge is 0.316 e. The molecule has 1 saturated heterocycles. The standard InChI is InChI=1S/C6H12O.Mg.2H/c1-5(2)6(3,4)7-5;;;/h1-4H3;;;. The second kappa shape index (κ2) is 1.86. The molecular formula is C6H14MgO. The van der Waals surface area contributed by atoms with E-state index in [1.807, 2.05) is 0 Å². The second-order valence-electron chi connectivity index (χ2n) is 3.12. The van der Waals surface area contributed by atoms with Crippen LogP contribution < -0.4 is 0 Å². The molecule has 0 amide bonds. The van der Waals surface area contributed by atoms with Crippen molar-refractivity contribution in [2.45, 2.75) is 38.9 Å². The molecule has 1 rings (SSSR count). The molecule has 0 N–H and O–H groups in total. The van der Waals surface area contributed by atoms with Gasteiger partial charge in [0.15, 0.2) is 0 Å². The summed E-state index contributed by atoms with van der Waals surface area (Å²) in [6, 6.07) is 0. The first kappa shape index (κ1) is 8.73. The van der Waals surface area contributed by atoms with Gasteiger partial charge >= 0.3 is 23.1 Å². The molecule has 1 nitrogen and oxygen atoms in total. The molecule has 1 heterocycles. The van der Waals surface area contributed by atoms with Crippen LogP contribution in [0.1, 0.15) is 27.7 Å². The van der Waals surface area contributed by atoms with Gasteiger partial charge in [-0.2, -0.15) is 0 Å². The molecule has 0 aliphatic carbocycles. The fourth-order valence-electron chi connectivity index (χ4n) is 0.612. The van der Waals surface area contributed by atoms with Crippen molar-refractivity contribution < 1.29 is 4.74 Å². The highest BCUT2D eigenvalue weighted by Gasteiger charge is 2.55. The number of epoxide rings is 1. The molecule has 0 bridgehead atoms. The molecule has 1 fully saturated rings. The van der Waals surface area contributed by atoms with Gasteiger partial charge in [0.2, 0.25) is 0 Å². The van der Waals surface area contributed by atoms with E-state index in [4.69, 9.17) is 4.74 Å².